The molecule has 0 fully saturated rings. The predicted molar refractivity (Wildman–Crippen MR) is 85.8 cm³/mol. The molecular weight excluding hydrogens is 292 g/mol. The zero-order valence-corrected chi connectivity index (χ0v) is 12.4. The van der Waals surface area contributed by atoms with E-state index in [1.54, 1.807) is 30.5 Å². The zero-order valence-electron chi connectivity index (χ0n) is 12.4. The molecule has 3 rings (SSSR count). The van der Waals surface area contributed by atoms with Crippen LogP contribution in [0.3, 0.4) is 0 Å². The molecule has 1 heterocycles. The third kappa shape index (κ3) is 3.32. The second kappa shape index (κ2) is 6.23. The van der Waals surface area contributed by atoms with Crippen LogP contribution >= 0.6 is 0 Å². The standard InChI is InChI=1S/C17H14N4O2/c1-12(22)13-6-5-7-14(10-13)18-17(23)16-11-21(20-19-16)15-8-3-2-4-9-15/h2-11H,1H3,(H,18,23). The monoisotopic (exact) mass is 306 g/mol. The molecule has 1 N–H and O–H groups in total. The number of hydrogen-bond acceptors (Lipinski definition) is 4. The summed E-state index contributed by atoms with van der Waals surface area (Å²) in [4.78, 5) is 23.6. The van der Waals surface area contributed by atoms with Crippen LogP contribution in [0.4, 0.5) is 5.69 Å². The molecule has 6 nitrogen and oxygen atoms in total. The first-order valence-corrected chi connectivity index (χ1v) is 7.03. The third-order valence-electron chi connectivity index (χ3n) is 3.27. The summed E-state index contributed by atoms with van der Waals surface area (Å²) in [6, 6.07) is 16.1. The van der Waals surface area contributed by atoms with Crippen LogP contribution in [0.2, 0.25) is 0 Å². The molecule has 2 aromatic carbocycles. The Kier molecular flexibility index (Phi) is 3.97. The average molecular weight is 306 g/mol. The largest absolute Gasteiger partial charge is 0.321 e. The van der Waals surface area contributed by atoms with Gasteiger partial charge in [0.05, 0.1) is 11.9 Å². The Morgan fingerprint density at radius 1 is 1.04 bits per heavy atom. The topological polar surface area (TPSA) is 76.9 Å². The lowest BCUT2D eigenvalue weighted by Gasteiger charge is -2.04. The normalized spacial score (nSPS) is 10.3. The number of Topliss-reactive ketones (excluding diaryl/α,β-unsaturated/α-hetero) is 1. The molecule has 0 aliphatic carbocycles. The Bertz CT molecular complexity index is 856. The van der Waals surface area contributed by atoms with Crippen molar-refractivity contribution in [3.05, 3.63) is 72.1 Å². The molecule has 0 bridgehead atoms. The van der Waals surface area contributed by atoms with Crippen molar-refractivity contribution in [2.75, 3.05) is 5.32 Å². The summed E-state index contributed by atoms with van der Waals surface area (Å²) in [6.07, 6.45) is 1.56. The number of nitrogens with zero attached hydrogens (tertiary/aromatic N) is 3. The van der Waals surface area contributed by atoms with E-state index in [2.05, 4.69) is 15.6 Å². The fraction of sp³-hybridized carbons (Fsp3) is 0.0588. The van der Waals surface area contributed by atoms with Crippen molar-refractivity contribution >= 4 is 17.4 Å². The number of para-hydroxylation sites is 1. The highest BCUT2D eigenvalue weighted by Crippen LogP contribution is 2.13. The van der Waals surface area contributed by atoms with Gasteiger partial charge in [-0.25, -0.2) is 4.68 Å². The fourth-order valence-electron chi connectivity index (χ4n) is 2.09. The van der Waals surface area contributed by atoms with E-state index in [9.17, 15) is 9.59 Å². The maximum Gasteiger partial charge on any atom is 0.277 e. The highest BCUT2D eigenvalue weighted by Gasteiger charge is 2.12. The van der Waals surface area contributed by atoms with Crippen molar-refractivity contribution in [3.8, 4) is 5.69 Å². The van der Waals surface area contributed by atoms with Crippen LogP contribution in [0.25, 0.3) is 5.69 Å². The van der Waals surface area contributed by atoms with E-state index >= 15 is 0 Å². The molecule has 0 unspecified atom stereocenters. The third-order valence-corrected chi connectivity index (χ3v) is 3.27. The van der Waals surface area contributed by atoms with Gasteiger partial charge in [0, 0.05) is 11.3 Å². The van der Waals surface area contributed by atoms with Gasteiger partial charge in [-0.15, -0.1) is 5.10 Å². The molecular formula is C17H14N4O2. The number of aromatic nitrogens is 3. The van der Waals surface area contributed by atoms with Crippen molar-refractivity contribution in [2.45, 2.75) is 6.92 Å². The van der Waals surface area contributed by atoms with Gasteiger partial charge in [-0.05, 0) is 31.2 Å². The summed E-state index contributed by atoms with van der Waals surface area (Å²) in [6.45, 7) is 1.48. The second-order valence-corrected chi connectivity index (χ2v) is 4.98. The van der Waals surface area contributed by atoms with E-state index in [0.717, 1.165) is 5.69 Å². The molecule has 0 saturated heterocycles. The number of nitrogens with one attached hydrogen (secondary N) is 1. The molecule has 0 aliphatic heterocycles. The van der Waals surface area contributed by atoms with Gasteiger partial charge >= 0.3 is 0 Å². The van der Waals surface area contributed by atoms with Gasteiger partial charge in [-0.3, -0.25) is 9.59 Å². The molecule has 0 atom stereocenters. The molecule has 114 valence electrons. The van der Waals surface area contributed by atoms with Crippen LogP contribution in [0.1, 0.15) is 27.8 Å². The molecule has 0 saturated carbocycles. The Labute approximate surface area is 132 Å². The molecule has 0 radical (unpaired) electrons. The number of carbonyl (C=O) groups is 2. The minimum absolute atomic E-state index is 0.0591. The number of carbonyl (C=O) groups excluding carboxylic acids is 2. The van der Waals surface area contributed by atoms with Gasteiger partial charge in [0.25, 0.3) is 5.91 Å². The van der Waals surface area contributed by atoms with Gasteiger partial charge in [-0.2, -0.15) is 0 Å². The van der Waals surface area contributed by atoms with Crippen molar-refractivity contribution < 1.29 is 9.59 Å². The van der Waals surface area contributed by atoms with Gasteiger partial charge in [0.2, 0.25) is 0 Å². The second-order valence-electron chi connectivity index (χ2n) is 4.98. The molecule has 0 aliphatic rings. The first kappa shape index (κ1) is 14.6. The summed E-state index contributed by atoms with van der Waals surface area (Å²) in [5.74, 6) is -0.441. The van der Waals surface area contributed by atoms with E-state index in [0.29, 0.717) is 11.3 Å². The lowest BCUT2D eigenvalue weighted by Crippen LogP contribution is -2.12. The van der Waals surface area contributed by atoms with Crippen molar-refractivity contribution in [1.29, 1.82) is 0 Å². The summed E-state index contributed by atoms with van der Waals surface area (Å²) >= 11 is 0. The minimum atomic E-state index is -0.382. The highest BCUT2D eigenvalue weighted by molar-refractivity contribution is 6.03. The number of benzene rings is 2. The summed E-state index contributed by atoms with van der Waals surface area (Å²) in [5, 5.41) is 10.5. The van der Waals surface area contributed by atoms with E-state index < -0.39 is 0 Å². The maximum atomic E-state index is 12.2. The molecule has 1 aromatic heterocycles. The Morgan fingerprint density at radius 3 is 2.57 bits per heavy atom. The van der Waals surface area contributed by atoms with Crippen molar-refractivity contribution in [2.24, 2.45) is 0 Å². The van der Waals surface area contributed by atoms with Gasteiger partial charge < -0.3 is 5.32 Å². The van der Waals surface area contributed by atoms with Gasteiger partial charge in [0.15, 0.2) is 11.5 Å². The first-order chi connectivity index (χ1) is 11.1. The number of amides is 1. The highest BCUT2D eigenvalue weighted by atomic mass is 16.2. The Balaban J connectivity index is 1.78. The van der Waals surface area contributed by atoms with Crippen molar-refractivity contribution in [3.63, 3.8) is 0 Å². The number of hydrogen-bond donors (Lipinski definition) is 1. The van der Waals surface area contributed by atoms with Crippen LogP contribution < -0.4 is 5.32 Å². The van der Waals surface area contributed by atoms with Crippen LogP contribution in [0, 0.1) is 0 Å². The van der Waals surface area contributed by atoms with E-state index in [1.807, 2.05) is 30.3 Å². The van der Waals surface area contributed by atoms with Crippen LogP contribution in [0.15, 0.2) is 60.8 Å². The molecule has 0 spiro atoms. The predicted octanol–water partition coefficient (Wildman–Crippen LogP) is 2.72. The maximum absolute atomic E-state index is 12.2. The molecule has 23 heavy (non-hydrogen) atoms. The van der Waals surface area contributed by atoms with Crippen LogP contribution in [-0.4, -0.2) is 26.7 Å². The fourth-order valence-corrected chi connectivity index (χ4v) is 2.09. The Morgan fingerprint density at radius 2 is 1.83 bits per heavy atom. The van der Waals surface area contributed by atoms with E-state index in [-0.39, 0.29) is 17.4 Å². The zero-order chi connectivity index (χ0) is 16.2. The van der Waals surface area contributed by atoms with Crippen LogP contribution in [-0.2, 0) is 0 Å². The number of ketones is 1. The average Bonchev–Trinajstić information content (AvgIpc) is 3.06. The molecule has 3 aromatic rings. The number of rotatable bonds is 4. The lowest BCUT2D eigenvalue weighted by atomic mass is 10.1. The molecule has 6 heteroatoms. The summed E-state index contributed by atoms with van der Waals surface area (Å²) in [5.41, 5.74) is 2.09. The quantitative estimate of drug-likeness (QED) is 0.752. The first-order valence-electron chi connectivity index (χ1n) is 7.03. The number of anilines is 1. The smallest absolute Gasteiger partial charge is 0.277 e. The summed E-state index contributed by atoms with van der Waals surface area (Å²) < 4.78 is 1.53. The van der Waals surface area contributed by atoms with E-state index in [4.69, 9.17) is 0 Å². The Hall–Kier alpha value is -3.28. The van der Waals surface area contributed by atoms with Crippen molar-refractivity contribution in [1.82, 2.24) is 15.0 Å². The van der Waals surface area contributed by atoms with Crippen LogP contribution in [0.5, 0.6) is 0 Å². The lowest BCUT2D eigenvalue weighted by molar-refractivity contribution is 0.100. The van der Waals surface area contributed by atoms with Gasteiger partial charge in [-0.1, -0.05) is 35.5 Å². The minimum Gasteiger partial charge on any atom is -0.321 e. The van der Waals surface area contributed by atoms with E-state index in [1.165, 1.54) is 11.6 Å². The van der Waals surface area contributed by atoms with Gasteiger partial charge in [0.1, 0.15) is 0 Å². The molecule has 1 amide bonds. The SMILES string of the molecule is CC(=O)c1cccc(NC(=O)c2cn(-c3ccccc3)nn2)c1. The summed E-state index contributed by atoms with van der Waals surface area (Å²) in [7, 11) is 0.